The van der Waals surface area contributed by atoms with Crippen LogP contribution in [0.3, 0.4) is 0 Å². The fraction of sp³-hybridized carbons (Fsp3) is 0.700. The third-order valence-electron chi connectivity index (χ3n) is 15.5. The molecular weight excluding hydrogens is 627 g/mol. The first-order valence-electron chi connectivity index (χ1n) is 18.4. The van der Waals surface area contributed by atoms with Crippen LogP contribution in [0.4, 0.5) is 13.2 Å². The maximum absolute atomic E-state index is 14.4. The number of esters is 1. The van der Waals surface area contributed by atoms with Crippen LogP contribution in [0.15, 0.2) is 42.1 Å². The summed E-state index contributed by atoms with van der Waals surface area (Å²) in [6.07, 6.45) is 7.50. The van der Waals surface area contributed by atoms with Gasteiger partial charge in [-0.3, -0.25) is 9.59 Å². The van der Waals surface area contributed by atoms with Crippen LogP contribution < -0.4 is 0 Å². The molecule has 2 aromatic rings. The van der Waals surface area contributed by atoms with Gasteiger partial charge in [0.05, 0.1) is 22.9 Å². The molecule has 6 nitrogen and oxygen atoms in total. The first kappa shape index (κ1) is 34.5. The Morgan fingerprint density at radius 2 is 1.71 bits per heavy atom. The molecule has 0 unspecified atom stereocenters. The highest BCUT2D eigenvalue weighted by Crippen LogP contribution is 2.75. The van der Waals surface area contributed by atoms with E-state index in [1.54, 1.807) is 0 Å². The Morgan fingerprint density at radius 1 is 0.980 bits per heavy atom. The molecule has 9 heteroatoms. The van der Waals surface area contributed by atoms with Crippen molar-refractivity contribution in [3.05, 3.63) is 53.4 Å². The average Bonchev–Trinajstić information content (AvgIpc) is 3.52. The van der Waals surface area contributed by atoms with Crippen LogP contribution in [0.1, 0.15) is 118 Å². The number of ketones is 1. The van der Waals surface area contributed by atoms with E-state index in [2.05, 4.69) is 64.9 Å². The summed E-state index contributed by atoms with van der Waals surface area (Å²) in [4.78, 5) is 27.6. The van der Waals surface area contributed by atoms with Crippen molar-refractivity contribution in [2.24, 2.45) is 56.7 Å². The number of alkyl halides is 3. The summed E-state index contributed by atoms with van der Waals surface area (Å²) in [6.45, 7) is 16.3. The van der Waals surface area contributed by atoms with Gasteiger partial charge in [-0.2, -0.15) is 13.2 Å². The van der Waals surface area contributed by atoms with E-state index in [4.69, 9.17) is 4.74 Å². The second-order valence-electron chi connectivity index (χ2n) is 17.7. The molecule has 0 N–H and O–H groups in total. The Balaban J connectivity index is 1.18. The van der Waals surface area contributed by atoms with Gasteiger partial charge in [-0.1, -0.05) is 77.5 Å². The zero-order chi connectivity index (χ0) is 35.4. The number of carbonyl (C=O) groups is 2. The molecule has 0 amide bonds. The summed E-state index contributed by atoms with van der Waals surface area (Å²) in [7, 11) is 0. The number of halogens is 3. The summed E-state index contributed by atoms with van der Waals surface area (Å²) in [6, 6.07) is 5.24. The van der Waals surface area contributed by atoms with Crippen LogP contribution in [-0.4, -0.2) is 26.7 Å². The molecule has 1 aromatic heterocycles. The molecule has 1 heterocycles. The van der Waals surface area contributed by atoms with Crippen LogP contribution in [-0.2, 0) is 27.1 Å². The molecule has 4 saturated carbocycles. The van der Waals surface area contributed by atoms with E-state index in [-0.39, 0.29) is 45.8 Å². The van der Waals surface area contributed by atoms with Crippen molar-refractivity contribution < 1.29 is 27.5 Å². The lowest BCUT2D eigenvalue weighted by Gasteiger charge is -2.70. The van der Waals surface area contributed by atoms with Crippen molar-refractivity contribution in [2.45, 2.75) is 119 Å². The van der Waals surface area contributed by atoms with Crippen LogP contribution in [0.5, 0.6) is 0 Å². The molecule has 0 radical (unpaired) electrons. The highest BCUT2D eigenvalue weighted by atomic mass is 19.4. The zero-order valence-electron chi connectivity index (χ0n) is 30.1. The summed E-state index contributed by atoms with van der Waals surface area (Å²) in [5.41, 5.74) is -0.0522. The number of nitrogens with zero attached hydrogens (tertiary/aromatic N) is 3. The number of para-hydroxylation sites is 1. The molecule has 5 aliphatic rings. The Kier molecular flexibility index (Phi) is 7.93. The Bertz CT molecular complexity index is 1700. The standard InChI is InChI=1S/C40H52F3N3O3/c1-24-14-19-39(34(48)49-23-26-22-46(45-44-26)29-11-9-8-10-27(29)40(41,42)43)21-20-37(6)28(33(39)25(24)2)12-13-31-36(5)17-16-32(47)35(3,4)30(36)15-18-38(31,37)7/h8-12,22,24-25,30-31,33H,13-21,23H2,1-7H3/t24-,25+,30+,31-,33+,36+,37-,38-,39+/m1/s1. The molecular formula is C40H52F3N3O3. The summed E-state index contributed by atoms with van der Waals surface area (Å²) in [5, 5.41) is 8.04. The number of hydrogen-bond acceptors (Lipinski definition) is 5. The smallest absolute Gasteiger partial charge is 0.418 e. The Morgan fingerprint density at radius 3 is 2.45 bits per heavy atom. The number of hydrogen-bond donors (Lipinski definition) is 0. The first-order chi connectivity index (χ1) is 22.9. The van der Waals surface area contributed by atoms with Crippen molar-refractivity contribution in [1.29, 1.82) is 0 Å². The minimum atomic E-state index is -4.54. The Hall–Kier alpha value is -2.97. The molecule has 1 aromatic carbocycles. The van der Waals surface area contributed by atoms with E-state index in [9.17, 15) is 22.8 Å². The SMILES string of the molecule is C[C@H]1[C@H](C)CC[C@]2(C(=O)OCc3cn(-c4ccccc4C(F)(F)F)nn3)CC[C@]3(C)C(=CC[C@@H]4[C@@]5(C)CCC(=O)C(C)(C)[C@@H]5CC[C@]43C)[C@H]12. The largest absolute Gasteiger partial charge is 0.459 e. The number of ether oxygens (including phenoxy) is 1. The van der Waals surface area contributed by atoms with Gasteiger partial charge in [-0.05, 0) is 109 Å². The minimum Gasteiger partial charge on any atom is -0.459 e. The number of benzene rings is 1. The van der Waals surface area contributed by atoms with E-state index < -0.39 is 17.2 Å². The molecule has 49 heavy (non-hydrogen) atoms. The summed E-state index contributed by atoms with van der Waals surface area (Å²) < 4.78 is 48.2. The molecule has 7 rings (SSSR count). The predicted molar refractivity (Wildman–Crippen MR) is 180 cm³/mol. The third kappa shape index (κ3) is 4.86. The zero-order valence-corrected chi connectivity index (χ0v) is 30.1. The molecule has 0 spiro atoms. The number of Topliss-reactive ketones (excluding diaryl/α,β-unsaturated/α-hetero) is 1. The lowest BCUT2D eigenvalue weighted by Crippen LogP contribution is -2.65. The number of fused-ring (bicyclic) bond motifs is 7. The van der Waals surface area contributed by atoms with Gasteiger partial charge >= 0.3 is 12.1 Å². The third-order valence-corrected chi connectivity index (χ3v) is 15.5. The lowest BCUT2D eigenvalue weighted by molar-refractivity contribution is -0.193. The van der Waals surface area contributed by atoms with E-state index >= 15 is 0 Å². The predicted octanol–water partition coefficient (Wildman–Crippen LogP) is 9.56. The molecule has 5 aliphatic carbocycles. The van der Waals surface area contributed by atoms with Crippen LogP contribution in [0.2, 0.25) is 0 Å². The monoisotopic (exact) mass is 679 g/mol. The van der Waals surface area contributed by atoms with Gasteiger partial charge in [0.2, 0.25) is 0 Å². The van der Waals surface area contributed by atoms with E-state index in [0.717, 1.165) is 62.1 Å². The van der Waals surface area contributed by atoms with Crippen LogP contribution >= 0.6 is 0 Å². The van der Waals surface area contributed by atoms with E-state index in [0.29, 0.717) is 41.6 Å². The molecule has 266 valence electrons. The maximum atomic E-state index is 14.4. The number of aromatic nitrogens is 3. The van der Waals surface area contributed by atoms with Gasteiger partial charge in [-0.15, -0.1) is 5.10 Å². The maximum Gasteiger partial charge on any atom is 0.418 e. The lowest BCUT2D eigenvalue weighted by atomic mass is 9.33. The van der Waals surface area contributed by atoms with Crippen molar-refractivity contribution in [3.63, 3.8) is 0 Å². The van der Waals surface area contributed by atoms with Crippen molar-refractivity contribution in [2.75, 3.05) is 0 Å². The van der Waals surface area contributed by atoms with Gasteiger partial charge < -0.3 is 4.74 Å². The highest BCUT2D eigenvalue weighted by Gasteiger charge is 2.69. The normalized spacial score (nSPS) is 39.9. The van der Waals surface area contributed by atoms with E-state index in [1.807, 2.05) is 0 Å². The average molecular weight is 680 g/mol. The van der Waals surface area contributed by atoms with Gasteiger partial charge in [0.15, 0.2) is 0 Å². The molecule has 0 bridgehead atoms. The molecule has 9 atom stereocenters. The summed E-state index contributed by atoms with van der Waals surface area (Å²) in [5.74, 6) is 1.86. The number of carbonyl (C=O) groups excluding carboxylic acids is 2. The second-order valence-corrected chi connectivity index (χ2v) is 17.7. The fourth-order valence-corrected chi connectivity index (χ4v) is 12.3. The van der Waals surface area contributed by atoms with Crippen molar-refractivity contribution in [3.8, 4) is 5.69 Å². The van der Waals surface area contributed by atoms with Crippen molar-refractivity contribution >= 4 is 11.8 Å². The van der Waals surface area contributed by atoms with E-state index in [1.165, 1.54) is 30.0 Å². The van der Waals surface area contributed by atoms with Crippen LogP contribution in [0, 0.1) is 56.7 Å². The fourth-order valence-electron chi connectivity index (χ4n) is 12.3. The molecule has 0 saturated heterocycles. The summed E-state index contributed by atoms with van der Waals surface area (Å²) >= 11 is 0. The highest BCUT2D eigenvalue weighted by molar-refractivity contribution is 5.85. The van der Waals surface area contributed by atoms with Crippen molar-refractivity contribution in [1.82, 2.24) is 15.0 Å². The van der Waals surface area contributed by atoms with Gasteiger partial charge in [0, 0.05) is 11.8 Å². The Labute approximate surface area is 288 Å². The quantitative estimate of drug-likeness (QED) is 0.238. The minimum absolute atomic E-state index is 0.0560. The number of allylic oxidation sites excluding steroid dienone is 2. The number of rotatable bonds is 4. The van der Waals surface area contributed by atoms with Gasteiger partial charge in [-0.25, -0.2) is 4.68 Å². The first-order valence-corrected chi connectivity index (χ1v) is 18.4. The second kappa shape index (κ2) is 11.3. The van der Waals surface area contributed by atoms with Crippen LogP contribution in [0.25, 0.3) is 5.69 Å². The molecule has 0 aliphatic heterocycles. The van der Waals surface area contributed by atoms with Gasteiger partial charge in [0.25, 0.3) is 0 Å². The van der Waals surface area contributed by atoms with Gasteiger partial charge in [0.1, 0.15) is 18.1 Å². The molecule has 4 fully saturated rings. The topological polar surface area (TPSA) is 74.1 Å².